The number of aldehydes is 1. The van der Waals surface area contributed by atoms with Gasteiger partial charge in [-0.2, -0.15) is 0 Å². The second-order valence-electron chi connectivity index (χ2n) is 8.47. The van der Waals surface area contributed by atoms with Crippen molar-refractivity contribution in [2.75, 3.05) is 32.8 Å². The van der Waals surface area contributed by atoms with E-state index < -0.39 is 0 Å². The smallest absolute Gasteiger partial charge is 0.147 e. The molecule has 0 aliphatic carbocycles. The van der Waals surface area contributed by atoms with Gasteiger partial charge in [0.15, 0.2) is 0 Å². The van der Waals surface area contributed by atoms with Crippen molar-refractivity contribution in [3.8, 4) is 5.75 Å². The van der Waals surface area contributed by atoms with E-state index in [9.17, 15) is 4.79 Å². The molecule has 0 bridgehead atoms. The van der Waals surface area contributed by atoms with Crippen molar-refractivity contribution < 1.29 is 9.53 Å². The summed E-state index contributed by atoms with van der Waals surface area (Å²) in [5.41, 5.74) is 5.62. The van der Waals surface area contributed by atoms with Crippen LogP contribution in [0.4, 0.5) is 0 Å². The number of aliphatic imine (C=N–C) groups is 1. The van der Waals surface area contributed by atoms with Crippen LogP contribution in [0.2, 0.25) is 0 Å². The lowest BCUT2D eigenvalue weighted by Gasteiger charge is -2.37. The summed E-state index contributed by atoms with van der Waals surface area (Å²) in [5.74, 6) is 2.01. The molecule has 4 rings (SSSR count). The summed E-state index contributed by atoms with van der Waals surface area (Å²) in [5, 5.41) is 0. The van der Waals surface area contributed by atoms with Crippen molar-refractivity contribution in [1.29, 1.82) is 0 Å². The molecule has 0 spiro atoms. The maximum absolute atomic E-state index is 11.2. The summed E-state index contributed by atoms with van der Waals surface area (Å²) in [6.45, 7) is 11.7. The third-order valence-electron chi connectivity index (χ3n) is 6.21. The van der Waals surface area contributed by atoms with Crippen LogP contribution in [-0.4, -0.2) is 60.0 Å². The molecule has 0 unspecified atom stereocenters. The van der Waals surface area contributed by atoms with Gasteiger partial charge in [0.2, 0.25) is 0 Å². The molecule has 0 N–H and O–H groups in total. The topological polar surface area (TPSA) is 48.4 Å². The van der Waals surface area contributed by atoms with Gasteiger partial charge in [-0.05, 0) is 43.0 Å². The van der Waals surface area contributed by atoms with Crippen LogP contribution in [0.3, 0.4) is 0 Å². The van der Waals surface area contributed by atoms with Gasteiger partial charge in [-0.25, -0.2) is 4.99 Å². The van der Waals surface area contributed by atoms with Crippen LogP contribution in [0.15, 0.2) is 58.3 Å². The van der Waals surface area contributed by atoms with Crippen LogP contribution in [0.5, 0.6) is 5.75 Å². The van der Waals surface area contributed by atoms with Gasteiger partial charge in [0, 0.05) is 50.9 Å². The number of fused-ring (bicyclic) bond motifs is 1. The largest absolute Gasteiger partial charge is 0.493 e. The fraction of sp³-hybridized carbons (Fsp3) is 0.440. The number of ether oxygens (including phenoxy) is 1. The van der Waals surface area contributed by atoms with Gasteiger partial charge in [0.25, 0.3) is 0 Å². The molecule has 1 aromatic carbocycles. The van der Waals surface area contributed by atoms with E-state index in [0.29, 0.717) is 5.57 Å². The second kappa shape index (κ2) is 9.52. The highest BCUT2D eigenvalue weighted by Gasteiger charge is 2.22. The van der Waals surface area contributed by atoms with E-state index in [1.807, 2.05) is 24.2 Å². The number of allylic oxidation sites excluding steroid dienone is 3. The molecule has 0 atom stereocenters. The Kier molecular flexibility index (Phi) is 6.56. The van der Waals surface area contributed by atoms with Crippen LogP contribution in [0, 0.1) is 0 Å². The fourth-order valence-electron chi connectivity index (χ4n) is 4.16. The van der Waals surface area contributed by atoms with E-state index in [0.717, 1.165) is 75.7 Å². The molecule has 6 nitrogen and oxygen atoms in total. The molecule has 1 fully saturated rings. The predicted molar refractivity (Wildman–Crippen MR) is 124 cm³/mol. The molecule has 0 saturated carbocycles. The van der Waals surface area contributed by atoms with Gasteiger partial charge in [0.05, 0.1) is 24.7 Å². The number of piperazine rings is 1. The Labute approximate surface area is 185 Å². The molecule has 0 radical (unpaired) electrons. The molecule has 1 saturated heterocycles. The molecule has 3 aliphatic rings. The number of hydrogen-bond donors (Lipinski definition) is 0. The standard InChI is InChI=1S/C25H32N4O2/c1-4-20(3)23-14-26-25(17-29(23)15-19(2)18-30)28-10-8-27(9-11-28)16-21-5-6-22-7-12-31-24(22)13-21/h5-6,13-15,17-18H,4,7-12,16H2,1-3H3/b19-15+,23-20-. The molecule has 0 amide bonds. The summed E-state index contributed by atoms with van der Waals surface area (Å²) in [6.07, 6.45) is 8.73. The van der Waals surface area contributed by atoms with Crippen LogP contribution in [0.25, 0.3) is 0 Å². The maximum Gasteiger partial charge on any atom is 0.147 e. The summed E-state index contributed by atoms with van der Waals surface area (Å²) < 4.78 is 5.72. The summed E-state index contributed by atoms with van der Waals surface area (Å²) >= 11 is 0. The maximum atomic E-state index is 11.2. The molecule has 6 heteroatoms. The first-order valence-corrected chi connectivity index (χ1v) is 11.2. The Bertz CT molecular complexity index is 952. The van der Waals surface area contributed by atoms with E-state index in [1.165, 1.54) is 16.7 Å². The fourth-order valence-corrected chi connectivity index (χ4v) is 4.16. The van der Waals surface area contributed by atoms with Gasteiger partial charge in [-0.3, -0.25) is 9.69 Å². The molecule has 1 aromatic rings. The van der Waals surface area contributed by atoms with Gasteiger partial charge < -0.3 is 14.5 Å². The molecular weight excluding hydrogens is 388 g/mol. The first-order valence-electron chi connectivity index (χ1n) is 11.2. The zero-order valence-electron chi connectivity index (χ0n) is 18.8. The lowest BCUT2D eigenvalue weighted by Crippen LogP contribution is -2.45. The van der Waals surface area contributed by atoms with Crippen LogP contribution in [-0.2, 0) is 17.8 Å². The van der Waals surface area contributed by atoms with Crippen molar-refractivity contribution >= 4 is 12.5 Å². The minimum Gasteiger partial charge on any atom is -0.493 e. The highest BCUT2D eigenvalue weighted by Crippen LogP contribution is 2.27. The average molecular weight is 421 g/mol. The third kappa shape index (κ3) is 4.90. The molecule has 164 valence electrons. The van der Waals surface area contributed by atoms with Crippen LogP contribution >= 0.6 is 0 Å². The van der Waals surface area contributed by atoms with E-state index >= 15 is 0 Å². The Morgan fingerprint density at radius 2 is 2.00 bits per heavy atom. The Balaban J connectivity index is 1.41. The number of hydrogen-bond acceptors (Lipinski definition) is 6. The highest BCUT2D eigenvalue weighted by molar-refractivity contribution is 5.82. The first-order chi connectivity index (χ1) is 15.1. The van der Waals surface area contributed by atoms with Crippen molar-refractivity contribution in [2.45, 2.75) is 40.2 Å². The van der Waals surface area contributed by atoms with E-state index in [-0.39, 0.29) is 0 Å². The molecular formula is C25H32N4O2. The van der Waals surface area contributed by atoms with Crippen molar-refractivity contribution in [3.05, 3.63) is 64.4 Å². The third-order valence-corrected chi connectivity index (χ3v) is 6.21. The number of carbonyl (C=O) groups excluding carboxylic acids is 1. The molecule has 0 aromatic heterocycles. The predicted octanol–water partition coefficient (Wildman–Crippen LogP) is 3.71. The SMILES string of the molecule is CC/C(C)=C1/C=NC(N2CCN(Cc3ccc4c(c3)OCC4)CC2)=CN1/C=C(\C)C=O. The number of carbonyl (C=O) groups is 1. The van der Waals surface area contributed by atoms with Crippen LogP contribution in [0.1, 0.15) is 38.3 Å². The van der Waals surface area contributed by atoms with E-state index in [4.69, 9.17) is 9.73 Å². The highest BCUT2D eigenvalue weighted by atomic mass is 16.5. The lowest BCUT2D eigenvalue weighted by atomic mass is 10.1. The van der Waals surface area contributed by atoms with Gasteiger partial charge >= 0.3 is 0 Å². The minimum absolute atomic E-state index is 0.690. The number of nitrogens with zero attached hydrogens (tertiary/aromatic N) is 4. The Morgan fingerprint density at radius 1 is 1.19 bits per heavy atom. The summed E-state index contributed by atoms with van der Waals surface area (Å²) in [4.78, 5) is 22.8. The molecule has 3 aliphatic heterocycles. The quantitative estimate of drug-likeness (QED) is 0.519. The van der Waals surface area contributed by atoms with Crippen molar-refractivity contribution in [2.24, 2.45) is 4.99 Å². The number of benzene rings is 1. The summed E-state index contributed by atoms with van der Waals surface area (Å²) in [7, 11) is 0. The zero-order chi connectivity index (χ0) is 21.8. The first kappa shape index (κ1) is 21.4. The zero-order valence-corrected chi connectivity index (χ0v) is 18.8. The summed E-state index contributed by atoms with van der Waals surface area (Å²) in [6, 6.07) is 6.64. The Hall–Kier alpha value is -2.86. The monoisotopic (exact) mass is 420 g/mol. The normalized spacial score (nSPS) is 21.0. The van der Waals surface area contributed by atoms with Gasteiger partial charge in [-0.1, -0.05) is 19.1 Å². The average Bonchev–Trinajstić information content (AvgIpc) is 3.27. The van der Waals surface area contributed by atoms with E-state index in [1.54, 1.807) is 0 Å². The van der Waals surface area contributed by atoms with E-state index in [2.05, 4.69) is 48.0 Å². The molecule has 31 heavy (non-hydrogen) atoms. The minimum atomic E-state index is 0.690. The van der Waals surface area contributed by atoms with Crippen molar-refractivity contribution in [3.63, 3.8) is 0 Å². The van der Waals surface area contributed by atoms with Crippen molar-refractivity contribution in [1.82, 2.24) is 14.7 Å². The van der Waals surface area contributed by atoms with Crippen LogP contribution < -0.4 is 4.74 Å². The second-order valence-corrected chi connectivity index (χ2v) is 8.47. The lowest BCUT2D eigenvalue weighted by molar-refractivity contribution is -0.104. The van der Waals surface area contributed by atoms with Gasteiger partial charge in [-0.15, -0.1) is 0 Å². The van der Waals surface area contributed by atoms with Gasteiger partial charge in [0.1, 0.15) is 17.9 Å². The Morgan fingerprint density at radius 3 is 2.74 bits per heavy atom. The molecule has 3 heterocycles. The number of rotatable bonds is 6.